The van der Waals surface area contributed by atoms with Gasteiger partial charge in [0, 0.05) is 42.8 Å². The first kappa shape index (κ1) is 21.3. The Morgan fingerprint density at radius 2 is 2.07 bits per heavy atom. The van der Waals surface area contributed by atoms with Gasteiger partial charge in [0.2, 0.25) is 5.78 Å². The molecule has 0 atom stereocenters. The zero-order valence-corrected chi connectivity index (χ0v) is 19.3. The van der Waals surface area contributed by atoms with Crippen molar-refractivity contribution >= 4 is 35.1 Å². The summed E-state index contributed by atoms with van der Waals surface area (Å²) in [5, 5.41) is 0.581. The van der Waals surface area contributed by atoms with Gasteiger partial charge in [-0.25, -0.2) is 4.98 Å². The fourth-order valence-corrected chi connectivity index (χ4v) is 4.80. The summed E-state index contributed by atoms with van der Waals surface area (Å²) in [6, 6.07) is 6.51. The zero-order chi connectivity index (χ0) is 21.1. The highest BCUT2D eigenvalue weighted by atomic mass is 35.5. The molecule has 0 bridgehead atoms. The van der Waals surface area contributed by atoms with E-state index >= 15 is 0 Å². The molecule has 4 rings (SSSR count). The lowest BCUT2D eigenvalue weighted by molar-refractivity contribution is 0.415. The van der Waals surface area contributed by atoms with Crippen molar-refractivity contribution in [3.05, 3.63) is 41.2 Å². The Balaban J connectivity index is 1.51. The summed E-state index contributed by atoms with van der Waals surface area (Å²) in [7, 11) is 1.62. The van der Waals surface area contributed by atoms with E-state index in [1.54, 1.807) is 7.11 Å². The quantitative estimate of drug-likeness (QED) is 0.408. The average molecular weight is 446 g/mol. The van der Waals surface area contributed by atoms with Crippen molar-refractivity contribution in [1.29, 1.82) is 0 Å². The summed E-state index contributed by atoms with van der Waals surface area (Å²) in [6.45, 7) is 6.27. The van der Waals surface area contributed by atoms with Gasteiger partial charge in [0.25, 0.3) is 0 Å². The second-order valence-electron chi connectivity index (χ2n) is 7.65. The van der Waals surface area contributed by atoms with Gasteiger partial charge in [0.1, 0.15) is 11.6 Å². The maximum atomic E-state index is 6.34. The van der Waals surface area contributed by atoms with E-state index in [1.807, 2.05) is 47.8 Å². The van der Waals surface area contributed by atoms with Crippen LogP contribution < -0.4 is 14.4 Å². The molecule has 160 valence electrons. The number of ether oxygens (including phenoxy) is 1. The van der Waals surface area contributed by atoms with Crippen LogP contribution in [0.5, 0.6) is 5.75 Å². The second kappa shape index (κ2) is 9.45. The van der Waals surface area contributed by atoms with Crippen LogP contribution >= 0.6 is 23.5 Å². The molecule has 1 aromatic carbocycles. The number of aryl methyl sites for hydroxylation is 1. The summed E-state index contributed by atoms with van der Waals surface area (Å²) >= 11 is 8.19. The summed E-state index contributed by atoms with van der Waals surface area (Å²) in [6.07, 6.45) is 7.50. The number of hydrogen-bond donors (Lipinski definition) is 1. The van der Waals surface area contributed by atoms with Crippen molar-refractivity contribution in [1.82, 2.24) is 19.1 Å². The highest BCUT2D eigenvalue weighted by Gasteiger charge is 2.20. The van der Waals surface area contributed by atoms with E-state index < -0.39 is 0 Å². The molecule has 1 N–H and O–H groups in total. The number of anilines is 1. The van der Waals surface area contributed by atoms with Crippen LogP contribution in [0, 0.1) is 6.92 Å². The second-order valence-corrected chi connectivity index (χ2v) is 8.99. The third kappa shape index (κ3) is 4.53. The van der Waals surface area contributed by atoms with E-state index in [9.17, 15) is 0 Å². The molecule has 0 aliphatic carbocycles. The van der Waals surface area contributed by atoms with Crippen LogP contribution in [-0.2, 0) is 0 Å². The topological polar surface area (TPSA) is 54.7 Å². The van der Waals surface area contributed by atoms with Gasteiger partial charge >= 0.3 is 0 Å². The minimum atomic E-state index is 0.581. The largest absolute Gasteiger partial charge is 0.495 e. The minimum Gasteiger partial charge on any atom is -0.495 e. The number of methoxy groups -OCH3 is 1. The standard InChI is InChI=1S/C22H28ClN5OS/c1-4-11-30-26-16-5-8-27(9-6-16)21-7-10-28-14-19(24-22(28)25-21)17-13-18(23)20(29-3)12-15(17)2/h7,10,12-14,16,26H,4-6,8-9,11H2,1-3H3. The van der Waals surface area contributed by atoms with Crippen LogP contribution in [0.15, 0.2) is 30.6 Å². The van der Waals surface area contributed by atoms with Crippen molar-refractivity contribution in [2.45, 2.75) is 39.2 Å². The highest BCUT2D eigenvalue weighted by molar-refractivity contribution is 7.97. The number of imidazole rings is 1. The normalized spacial score (nSPS) is 15.1. The van der Waals surface area contributed by atoms with E-state index in [0.29, 0.717) is 22.6 Å². The summed E-state index contributed by atoms with van der Waals surface area (Å²) in [5.41, 5.74) is 2.91. The van der Waals surface area contributed by atoms with Crippen LogP contribution in [0.1, 0.15) is 31.7 Å². The Labute approximate surface area is 187 Å². The fourth-order valence-electron chi connectivity index (χ4n) is 3.76. The number of hydrogen-bond acceptors (Lipinski definition) is 6. The van der Waals surface area contributed by atoms with E-state index in [-0.39, 0.29) is 0 Å². The van der Waals surface area contributed by atoms with Gasteiger partial charge in [-0.3, -0.25) is 9.12 Å². The Morgan fingerprint density at radius 3 is 2.80 bits per heavy atom. The van der Waals surface area contributed by atoms with Crippen LogP contribution in [-0.4, -0.2) is 46.4 Å². The third-order valence-corrected chi connectivity index (χ3v) is 6.87. The monoisotopic (exact) mass is 445 g/mol. The SMILES string of the molecule is CCCSNC1CCN(c2ccn3cc(-c4cc(Cl)c(OC)cc4C)nc3n2)CC1. The number of aromatic nitrogens is 3. The molecule has 3 aromatic rings. The van der Waals surface area contributed by atoms with Crippen LogP contribution in [0.2, 0.25) is 5.02 Å². The number of benzene rings is 1. The third-order valence-electron chi connectivity index (χ3n) is 5.46. The minimum absolute atomic E-state index is 0.581. The Kier molecular flexibility index (Phi) is 6.71. The summed E-state index contributed by atoms with van der Waals surface area (Å²) < 4.78 is 10.9. The molecule has 0 spiro atoms. The fraction of sp³-hybridized carbons (Fsp3) is 0.455. The van der Waals surface area contributed by atoms with Crippen LogP contribution in [0.25, 0.3) is 17.0 Å². The number of nitrogens with zero attached hydrogens (tertiary/aromatic N) is 4. The lowest BCUT2D eigenvalue weighted by Gasteiger charge is -2.32. The molecule has 2 aromatic heterocycles. The molecule has 1 saturated heterocycles. The lowest BCUT2D eigenvalue weighted by Crippen LogP contribution is -2.41. The van der Waals surface area contributed by atoms with Crippen molar-refractivity contribution < 1.29 is 4.74 Å². The molecule has 0 saturated carbocycles. The smallest absolute Gasteiger partial charge is 0.236 e. The maximum Gasteiger partial charge on any atom is 0.236 e. The molecule has 3 heterocycles. The molecular weight excluding hydrogens is 418 g/mol. The maximum absolute atomic E-state index is 6.34. The van der Waals surface area contributed by atoms with E-state index in [2.05, 4.69) is 22.6 Å². The molecule has 0 unspecified atom stereocenters. The Morgan fingerprint density at radius 1 is 1.27 bits per heavy atom. The van der Waals surface area contributed by atoms with Crippen molar-refractivity contribution in [2.75, 3.05) is 30.9 Å². The summed E-state index contributed by atoms with van der Waals surface area (Å²) in [5.74, 6) is 3.53. The molecule has 1 fully saturated rings. The van der Waals surface area contributed by atoms with Gasteiger partial charge < -0.3 is 9.64 Å². The Hall–Kier alpha value is -1.96. The number of nitrogens with one attached hydrogen (secondary N) is 1. The van der Waals surface area contributed by atoms with Gasteiger partial charge in [0.05, 0.1) is 17.8 Å². The van der Waals surface area contributed by atoms with Gasteiger partial charge in [-0.05, 0) is 49.9 Å². The van der Waals surface area contributed by atoms with Crippen molar-refractivity contribution in [2.24, 2.45) is 0 Å². The molecule has 0 amide bonds. The van der Waals surface area contributed by atoms with E-state index in [1.165, 1.54) is 12.2 Å². The van der Waals surface area contributed by atoms with Crippen LogP contribution in [0.4, 0.5) is 5.82 Å². The molecule has 30 heavy (non-hydrogen) atoms. The Bertz CT molecular complexity index is 1020. The first-order valence-electron chi connectivity index (χ1n) is 10.4. The number of rotatable bonds is 7. The predicted octanol–water partition coefficient (Wildman–Crippen LogP) is 4.98. The number of fused-ring (bicyclic) bond motifs is 1. The lowest BCUT2D eigenvalue weighted by atomic mass is 10.1. The van der Waals surface area contributed by atoms with Crippen molar-refractivity contribution in [3.63, 3.8) is 0 Å². The van der Waals surface area contributed by atoms with Gasteiger partial charge in [-0.1, -0.05) is 30.5 Å². The van der Waals surface area contributed by atoms with Gasteiger partial charge in [-0.15, -0.1) is 0 Å². The first-order valence-corrected chi connectivity index (χ1v) is 11.8. The first-order chi connectivity index (χ1) is 14.6. The average Bonchev–Trinajstić information content (AvgIpc) is 3.19. The van der Waals surface area contributed by atoms with Gasteiger partial charge in [-0.2, -0.15) is 4.98 Å². The molecular formula is C22H28ClN5OS. The van der Waals surface area contributed by atoms with Crippen LogP contribution in [0.3, 0.4) is 0 Å². The molecule has 8 heteroatoms. The van der Waals surface area contributed by atoms with Gasteiger partial charge in [0.15, 0.2) is 0 Å². The van der Waals surface area contributed by atoms with E-state index in [4.69, 9.17) is 26.3 Å². The number of halogens is 1. The van der Waals surface area contributed by atoms with E-state index in [0.717, 1.165) is 48.6 Å². The highest BCUT2D eigenvalue weighted by Crippen LogP contribution is 2.33. The molecule has 0 radical (unpaired) electrons. The molecule has 6 nitrogen and oxygen atoms in total. The molecule has 1 aliphatic heterocycles. The zero-order valence-electron chi connectivity index (χ0n) is 17.7. The number of piperidine rings is 1. The van der Waals surface area contributed by atoms with Crippen molar-refractivity contribution in [3.8, 4) is 17.0 Å². The summed E-state index contributed by atoms with van der Waals surface area (Å²) in [4.78, 5) is 12.0. The predicted molar refractivity (Wildman–Crippen MR) is 126 cm³/mol. The molecule has 1 aliphatic rings.